The molecule has 0 spiro atoms. The van der Waals surface area contributed by atoms with Crippen molar-refractivity contribution < 1.29 is 18.4 Å². The fraction of sp³-hybridized carbons (Fsp3) is 0.333. The summed E-state index contributed by atoms with van der Waals surface area (Å²) in [6, 6.07) is 11.6. The molecule has 2 aromatic carbocycles. The second kappa shape index (κ2) is 5.79. The third-order valence-corrected chi connectivity index (χ3v) is 4.57. The van der Waals surface area contributed by atoms with Crippen molar-refractivity contribution in [2.75, 3.05) is 5.73 Å². The first-order valence-corrected chi connectivity index (χ1v) is 7.86. The molecule has 0 aliphatic carbocycles. The standard InChI is InChI=1S/C18H21BFNO3/c1-17(2)18(3,4)24-19(23-17)12-6-5-7-14(10-12)22-16-9-8-13(21)11-15(16)20/h5-11H,21H2,1-4H3. The molecular weight excluding hydrogens is 308 g/mol. The van der Waals surface area contributed by atoms with Gasteiger partial charge in [-0.2, -0.15) is 0 Å². The Balaban J connectivity index is 1.83. The molecular formula is C18H21BFNO3. The van der Waals surface area contributed by atoms with Gasteiger partial charge in [-0.3, -0.25) is 0 Å². The van der Waals surface area contributed by atoms with Crippen LogP contribution in [0, 0.1) is 5.82 Å². The number of hydrogen-bond acceptors (Lipinski definition) is 4. The van der Waals surface area contributed by atoms with E-state index in [0.717, 1.165) is 5.46 Å². The van der Waals surface area contributed by atoms with Crippen LogP contribution in [0.25, 0.3) is 0 Å². The fourth-order valence-electron chi connectivity index (χ4n) is 2.43. The van der Waals surface area contributed by atoms with E-state index in [1.165, 1.54) is 12.1 Å². The van der Waals surface area contributed by atoms with E-state index >= 15 is 0 Å². The zero-order valence-corrected chi connectivity index (χ0v) is 14.3. The van der Waals surface area contributed by atoms with Gasteiger partial charge in [-0.15, -0.1) is 0 Å². The number of rotatable bonds is 3. The van der Waals surface area contributed by atoms with Crippen molar-refractivity contribution in [3.05, 3.63) is 48.3 Å². The summed E-state index contributed by atoms with van der Waals surface area (Å²) in [5, 5.41) is 0. The Morgan fingerprint density at radius 1 is 1.00 bits per heavy atom. The van der Waals surface area contributed by atoms with Gasteiger partial charge in [-0.1, -0.05) is 12.1 Å². The molecule has 0 saturated carbocycles. The normalized spacial score (nSPS) is 18.6. The quantitative estimate of drug-likeness (QED) is 0.692. The molecule has 0 atom stereocenters. The van der Waals surface area contributed by atoms with Gasteiger partial charge in [0.2, 0.25) is 0 Å². The van der Waals surface area contributed by atoms with Gasteiger partial charge in [0.1, 0.15) is 5.75 Å². The average molecular weight is 329 g/mol. The highest BCUT2D eigenvalue weighted by Crippen LogP contribution is 2.36. The number of benzene rings is 2. The van der Waals surface area contributed by atoms with Gasteiger partial charge in [0.15, 0.2) is 11.6 Å². The number of ether oxygens (including phenoxy) is 1. The predicted octanol–water partition coefficient (Wildman–Crippen LogP) is 3.50. The molecule has 0 aromatic heterocycles. The van der Waals surface area contributed by atoms with Crippen LogP contribution in [0.5, 0.6) is 11.5 Å². The van der Waals surface area contributed by atoms with Crippen LogP contribution in [0.15, 0.2) is 42.5 Å². The van der Waals surface area contributed by atoms with Gasteiger partial charge < -0.3 is 19.8 Å². The minimum Gasteiger partial charge on any atom is -0.454 e. The van der Waals surface area contributed by atoms with Crippen LogP contribution in [-0.2, 0) is 9.31 Å². The largest absolute Gasteiger partial charge is 0.494 e. The molecule has 4 nitrogen and oxygen atoms in total. The molecule has 1 aliphatic rings. The summed E-state index contributed by atoms with van der Waals surface area (Å²) >= 11 is 0. The van der Waals surface area contributed by atoms with E-state index in [-0.39, 0.29) is 5.75 Å². The van der Waals surface area contributed by atoms with Crippen LogP contribution in [0.4, 0.5) is 10.1 Å². The number of halogens is 1. The molecule has 0 radical (unpaired) electrons. The van der Waals surface area contributed by atoms with Crippen LogP contribution < -0.4 is 15.9 Å². The minimum atomic E-state index is -0.504. The van der Waals surface area contributed by atoms with Gasteiger partial charge in [0.05, 0.1) is 11.2 Å². The first-order chi connectivity index (χ1) is 11.2. The topological polar surface area (TPSA) is 53.7 Å². The zero-order chi connectivity index (χ0) is 17.5. The molecule has 6 heteroatoms. The average Bonchev–Trinajstić information content (AvgIpc) is 2.71. The van der Waals surface area contributed by atoms with Crippen molar-refractivity contribution >= 4 is 18.3 Å². The first kappa shape index (κ1) is 16.8. The summed E-state index contributed by atoms with van der Waals surface area (Å²) in [6.07, 6.45) is 0. The summed E-state index contributed by atoms with van der Waals surface area (Å²) in [6.45, 7) is 7.99. The van der Waals surface area contributed by atoms with Crippen LogP contribution in [0.1, 0.15) is 27.7 Å². The molecule has 1 aliphatic heterocycles. The van der Waals surface area contributed by atoms with Crippen molar-refractivity contribution in [3.8, 4) is 11.5 Å². The Bertz CT molecular complexity index is 748. The van der Waals surface area contributed by atoms with E-state index in [1.807, 2.05) is 39.8 Å². The SMILES string of the molecule is CC1(C)OB(c2cccc(Oc3ccc(N)cc3F)c2)OC1(C)C. The highest BCUT2D eigenvalue weighted by molar-refractivity contribution is 6.62. The summed E-state index contributed by atoms with van der Waals surface area (Å²) in [7, 11) is -0.491. The van der Waals surface area contributed by atoms with E-state index in [0.29, 0.717) is 11.4 Å². The van der Waals surface area contributed by atoms with Crippen LogP contribution in [0.2, 0.25) is 0 Å². The van der Waals surface area contributed by atoms with Gasteiger partial charge in [-0.05, 0) is 57.4 Å². The van der Waals surface area contributed by atoms with Crippen LogP contribution >= 0.6 is 0 Å². The second-order valence-electron chi connectivity index (χ2n) is 6.95. The lowest BCUT2D eigenvalue weighted by atomic mass is 9.79. The van der Waals surface area contributed by atoms with Crippen molar-refractivity contribution in [2.24, 2.45) is 0 Å². The van der Waals surface area contributed by atoms with Crippen LogP contribution in [0.3, 0.4) is 0 Å². The fourth-order valence-corrected chi connectivity index (χ4v) is 2.43. The highest BCUT2D eigenvalue weighted by Gasteiger charge is 2.51. The lowest BCUT2D eigenvalue weighted by Crippen LogP contribution is -2.41. The number of hydrogen-bond donors (Lipinski definition) is 1. The van der Waals surface area contributed by atoms with E-state index < -0.39 is 24.1 Å². The maximum atomic E-state index is 13.9. The molecule has 0 bridgehead atoms. The molecule has 3 rings (SSSR count). The Hall–Kier alpha value is -2.05. The predicted molar refractivity (Wildman–Crippen MR) is 93.0 cm³/mol. The summed E-state index contributed by atoms with van der Waals surface area (Å²) in [5.41, 5.74) is 5.89. The van der Waals surface area contributed by atoms with Gasteiger partial charge in [0.25, 0.3) is 0 Å². The number of nitrogens with two attached hydrogens (primary N) is 1. The van der Waals surface area contributed by atoms with E-state index in [1.54, 1.807) is 18.2 Å². The van der Waals surface area contributed by atoms with E-state index in [4.69, 9.17) is 19.8 Å². The lowest BCUT2D eigenvalue weighted by molar-refractivity contribution is 0.00578. The Morgan fingerprint density at radius 2 is 1.67 bits per heavy atom. The Labute approximate surface area is 141 Å². The van der Waals surface area contributed by atoms with E-state index in [2.05, 4.69) is 0 Å². The zero-order valence-electron chi connectivity index (χ0n) is 14.3. The maximum Gasteiger partial charge on any atom is 0.494 e. The second-order valence-corrected chi connectivity index (χ2v) is 6.95. The summed E-state index contributed by atoms with van der Waals surface area (Å²) in [5.74, 6) is 0.122. The highest BCUT2D eigenvalue weighted by atomic mass is 19.1. The molecule has 1 saturated heterocycles. The molecule has 1 heterocycles. The monoisotopic (exact) mass is 329 g/mol. The van der Waals surface area contributed by atoms with Crippen molar-refractivity contribution in [3.63, 3.8) is 0 Å². The molecule has 24 heavy (non-hydrogen) atoms. The number of nitrogen functional groups attached to an aromatic ring is 1. The minimum absolute atomic E-state index is 0.121. The van der Waals surface area contributed by atoms with Gasteiger partial charge in [0, 0.05) is 11.8 Å². The lowest BCUT2D eigenvalue weighted by Gasteiger charge is -2.32. The third kappa shape index (κ3) is 3.12. The molecule has 2 N–H and O–H groups in total. The van der Waals surface area contributed by atoms with E-state index in [9.17, 15) is 4.39 Å². The molecule has 1 fully saturated rings. The third-order valence-electron chi connectivity index (χ3n) is 4.57. The van der Waals surface area contributed by atoms with Gasteiger partial charge >= 0.3 is 7.12 Å². The molecule has 0 amide bonds. The Kier molecular flexibility index (Phi) is 4.05. The van der Waals surface area contributed by atoms with Crippen LogP contribution in [-0.4, -0.2) is 18.3 Å². The van der Waals surface area contributed by atoms with Crippen molar-refractivity contribution in [2.45, 2.75) is 38.9 Å². The van der Waals surface area contributed by atoms with Crippen molar-refractivity contribution in [1.29, 1.82) is 0 Å². The first-order valence-electron chi connectivity index (χ1n) is 7.86. The molecule has 2 aromatic rings. The number of anilines is 1. The summed E-state index contributed by atoms with van der Waals surface area (Å²) in [4.78, 5) is 0. The van der Waals surface area contributed by atoms with Crippen molar-refractivity contribution in [1.82, 2.24) is 0 Å². The molecule has 126 valence electrons. The molecule has 0 unspecified atom stereocenters. The maximum absolute atomic E-state index is 13.9. The smallest absolute Gasteiger partial charge is 0.454 e. The van der Waals surface area contributed by atoms with Gasteiger partial charge in [-0.25, -0.2) is 4.39 Å². The summed E-state index contributed by atoms with van der Waals surface area (Å²) < 4.78 is 31.6. The Morgan fingerprint density at radius 3 is 2.29 bits per heavy atom.